The Bertz CT molecular complexity index is 918. The van der Waals surface area contributed by atoms with E-state index in [4.69, 9.17) is 19.3 Å². The van der Waals surface area contributed by atoms with Gasteiger partial charge in [0.05, 0.1) is 32.8 Å². The van der Waals surface area contributed by atoms with E-state index >= 15 is 0 Å². The lowest BCUT2D eigenvalue weighted by molar-refractivity contribution is -0.139. The highest BCUT2D eigenvalue weighted by Gasteiger charge is 2.34. The number of carbonyl (C=O) groups is 4. The van der Waals surface area contributed by atoms with Crippen LogP contribution in [-0.2, 0) is 33.4 Å². The SMILES string of the molecule is CC(C)CCCC(C)CCCC(C)CCCC(C)CC(=O)N1CCCC1C(=O)NCCCOCCOCCOCCCNC(=O)CCC(=O)O. The molecule has 1 rings (SSSR count). The highest BCUT2D eigenvalue weighted by Crippen LogP contribution is 2.24. The lowest BCUT2D eigenvalue weighted by atomic mass is 9.90. The third kappa shape index (κ3) is 24.8. The second-order valence-corrected chi connectivity index (χ2v) is 15.0. The molecule has 0 spiro atoms. The van der Waals surface area contributed by atoms with Crippen molar-refractivity contribution < 1.29 is 38.5 Å². The van der Waals surface area contributed by atoms with Crippen molar-refractivity contribution in [2.75, 3.05) is 59.3 Å². The minimum absolute atomic E-state index is 0.0137. The van der Waals surface area contributed by atoms with Gasteiger partial charge >= 0.3 is 5.97 Å². The van der Waals surface area contributed by atoms with Crippen LogP contribution in [0.3, 0.4) is 0 Å². The van der Waals surface area contributed by atoms with Crippen LogP contribution in [0.4, 0.5) is 0 Å². The molecule has 0 aliphatic carbocycles. The van der Waals surface area contributed by atoms with Gasteiger partial charge in [0.2, 0.25) is 17.7 Å². The van der Waals surface area contributed by atoms with Crippen molar-refractivity contribution in [3.63, 3.8) is 0 Å². The molecule has 4 unspecified atom stereocenters. The summed E-state index contributed by atoms with van der Waals surface area (Å²) in [4.78, 5) is 49.7. The predicted octanol–water partition coefficient (Wildman–Crippen LogP) is 6.37. The van der Waals surface area contributed by atoms with Crippen molar-refractivity contribution in [3.8, 4) is 0 Å². The maximum atomic E-state index is 13.1. The Morgan fingerprint density at radius 2 is 1.16 bits per heavy atom. The first-order valence-electron chi connectivity index (χ1n) is 19.8. The number of aliphatic carboxylic acids is 1. The number of amides is 3. The van der Waals surface area contributed by atoms with Crippen LogP contribution in [0.1, 0.15) is 137 Å². The number of nitrogens with zero attached hydrogens (tertiary/aromatic N) is 1. The summed E-state index contributed by atoms with van der Waals surface area (Å²) in [5, 5.41) is 14.2. The molecule has 1 aliphatic rings. The zero-order chi connectivity index (χ0) is 37.0. The second-order valence-electron chi connectivity index (χ2n) is 15.0. The highest BCUT2D eigenvalue weighted by molar-refractivity contribution is 5.88. The molecule has 0 aromatic rings. The van der Waals surface area contributed by atoms with E-state index in [0.717, 1.165) is 43.4 Å². The van der Waals surface area contributed by atoms with E-state index < -0.39 is 5.97 Å². The molecule has 11 nitrogen and oxygen atoms in total. The van der Waals surface area contributed by atoms with Gasteiger partial charge < -0.3 is 34.9 Å². The van der Waals surface area contributed by atoms with Gasteiger partial charge in [-0.25, -0.2) is 0 Å². The van der Waals surface area contributed by atoms with E-state index in [9.17, 15) is 19.2 Å². The Morgan fingerprint density at radius 1 is 0.660 bits per heavy atom. The number of likely N-dealkylation sites (tertiary alicyclic amines) is 1. The first-order valence-corrected chi connectivity index (χ1v) is 19.8. The fraction of sp³-hybridized carbons (Fsp3) is 0.897. The van der Waals surface area contributed by atoms with Gasteiger partial charge in [-0.15, -0.1) is 0 Å². The first-order chi connectivity index (χ1) is 24.0. The zero-order valence-electron chi connectivity index (χ0n) is 32.3. The summed E-state index contributed by atoms with van der Waals surface area (Å²) in [6.45, 7) is 16.0. The van der Waals surface area contributed by atoms with E-state index in [0.29, 0.717) is 84.5 Å². The summed E-state index contributed by atoms with van der Waals surface area (Å²) in [6, 6.07) is -0.360. The van der Waals surface area contributed by atoms with Gasteiger partial charge in [-0.05, 0) is 49.4 Å². The Hall–Kier alpha value is -2.24. The number of carboxylic acids is 1. The summed E-state index contributed by atoms with van der Waals surface area (Å²) in [7, 11) is 0. The molecule has 4 atom stereocenters. The molecule has 0 saturated carbocycles. The molecule has 1 fully saturated rings. The van der Waals surface area contributed by atoms with E-state index in [2.05, 4.69) is 45.3 Å². The third-order valence-corrected chi connectivity index (χ3v) is 9.53. The van der Waals surface area contributed by atoms with Crippen molar-refractivity contribution in [2.45, 2.75) is 143 Å². The molecule has 50 heavy (non-hydrogen) atoms. The van der Waals surface area contributed by atoms with Crippen LogP contribution >= 0.6 is 0 Å². The molecule has 1 aliphatic heterocycles. The number of carbonyl (C=O) groups excluding carboxylic acids is 3. The smallest absolute Gasteiger partial charge is 0.303 e. The lowest BCUT2D eigenvalue weighted by Gasteiger charge is -2.25. The Morgan fingerprint density at radius 3 is 1.70 bits per heavy atom. The molecule has 3 amide bonds. The number of carboxylic acid groups (broad SMARTS) is 1. The van der Waals surface area contributed by atoms with Crippen LogP contribution < -0.4 is 10.6 Å². The minimum atomic E-state index is -0.984. The van der Waals surface area contributed by atoms with Crippen LogP contribution in [0.25, 0.3) is 0 Å². The van der Waals surface area contributed by atoms with E-state index in [1.54, 1.807) is 4.90 Å². The molecule has 3 N–H and O–H groups in total. The van der Waals surface area contributed by atoms with Crippen molar-refractivity contribution in [1.82, 2.24) is 15.5 Å². The molecule has 0 bridgehead atoms. The second kappa shape index (κ2) is 29.3. The molecule has 0 radical (unpaired) electrons. The summed E-state index contributed by atoms with van der Waals surface area (Å²) in [5.74, 6) is 1.52. The van der Waals surface area contributed by atoms with Gasteiger partial charge in [0.1, 0.15) is 6.04 Å². The molecule has 292 valence electrons. The summed E-state index contributed by atoms with van der Waals surface area (Å²) < 4.78 is 16.5. The highest BCUT2D eigenvalue weighted by atomic mass is 16.5. The van der Waals surface area contributed by atoms with Gasteiger partial charge in [-0.2, -0.15) is 0 Å². The molecular weight excluding hydrogens is 638 g/mol. The van der Waals surface area contributed by atoms with Crippen LogP contribution in [0.15, 0.2) is 0 Å². The zero-order valence-corrected chi connectivity index (χ0v) is 32.3. The largest absolute Gasteiger partial charge is 0.481 e. The Kier molecular flexibility index (Phi) is 26.9. The van der Waals surface area contributed by atoms with E-state index in [1.165, 1.54) is 44.9 Å². The van der Waals surface area contributed by atoms with Crippen molar-refractivity contribution in [1.29, 1.82) is 0 Å². The topological polar surface area (TPSA) is 144 Å². The third-order valence-electron chi connectivity index (χ3n) is 9.53. The maximum Gasteiger partial charge on any atom is 0.303 e. The van der Waals surface area contributed by atoms with Gasteiger partial charge in [-0.3, -0.25) is 19.2 Å². The number of rotatable bonds is 32. The first kappa shape index (κ1) is 45.8. The molecule has 0 aromatic carbocycles. The van der Waals surface area contributed by atoms with Crippen LogP contribution in [0.2, 0.25) is 0 Å². The summed E-state index contributed by atoms with van der Waals surface area (Å²) >= 11 is 0. The quantitative estimate of drug-likeness (QED) is 0.0684. The standard InChI is InChI=1S/C39H73N3O8/c1-31(2)12-6-13-32(3)14-7-15-33(4)16-8-17-34(5)30-37(44)42-23-9-18-35(42)39(47)41-22-11-25-49-27-29-50-28-26-48-24-10-21-40-36(43)19-20-38(45)46/h31-35H,6-30H2,1-5H3,(H,40,43)(H,41,47)(H,45,46). The van der Waals surface area contributed by atoms with Crippen LogP contribution in [0.5, 0.6) is 0 Å². The van der Waals surface area contributed by atoms with Crippen molar-refractivity contribution >= 4 is 23.7 Å². The monoisotopic (exact) mass is 712 g/mol. The van der Waals surface area contributed by atoms with E-state index in [1.807, 2.05) is 0 Å². The van der Waals surface area contributed by atoms with Gasteiger partial charge in [0.15, 0.2) is 0 Å². The summed E-state index contributed by atoms with van der Waals surface area (Å²) in [5.41, 5.74) is 0. The van der Waals surface area contributed by atoms with Gasteiger partial charge in [0, 0.05) is 45.7 Å². The normalized spacial score (nSPS) is 16.4. The molecule has 0 aromatic heterocycles. The Balaban J connectivity index is 2.04. The lowest BCUT2D eigenvalue weighted by Crippen LogP contribution is -2.46. The molecule has 11 heteroatoms. The average Bonchev–Trinajstić information content (AvgIpc) is 3.56. The van der Waals surface area contributed by atoms with Gasteiger partial charge in [0.25, 0.3) is 0 Å². The van der Waals surface area contributed by atoms with Crippen molar-refractivity contribution in [3.05, 3.63) is 0 Å². The fourth-order valence-electron chi connectivity index (χ4n) is 6.40. The number of nitrogens with one attached hydrogen (secondary N) is 2. The molecule has 1 heterocycles. The summed E-state index contributed by atoms with van der Waals surface area (Å²) in [6.07, 6.45) is 14.8. The van der Waals surface area contributed by atoms with Crippen molar-refractivity contribution in [2.24, 2.45) is 23.7 Å². The number of hydrogen-bond acceptors (Lipinski definition) is 7. The molecular formula is C39H73N3O8. The molecule has 1 saturated heterocycles. The minimum Gasteiger partial charge on any atom is -0.481 e. The van der Waals surface area contributed by atoms with E-state index in [-0.39, 0.29) is 36.6 Å². The Labute approximate surface area is 303 Å². The fourth-order valence-corrected chi connectivity index (χ4v) is 6.40. The maximum absolute atomic E-state index is 13.1. The number of ether oxygens (including phenoxy) is 3. The van der Waals surface area contributed by atoms with Crippen LogP contribution in [0, 0.1) is 23.7 Å². The predicted molar refractivity (Wildman–Crippen MR) is 198 cm³/mol. The van der Waals surface area contributed by atoms with Gasteiger partial charge in [-0.1, -0.05) is 92.4 Å². The van der Waals surface area contributed by atoms with Crippen LogP contribution in [-0.4, -0.2) is 99.0 Å². The average molecular weight is 712 g/mol. The number of hydrogen-bond donors (Lipinski definition) is 3.